The monoisotopic (exact) mass is 561 g/mol. The molecule has 0 saturated carbocycles. The van der Waals surface area contributed by atoms with Crippen LogP contribution in [-0.2, 0) is 11.2 Å². The number of benzene rings is 3. The number of hydrogen-bond acceptors (Lipinski definition) is 7. The number of carboxylic acid groups (broad SMARTS) is 1. The van der Waals surface area contributed by atoms with Gasteiger partial charge in [0.25, 0.3) is 0 Å². The van der Waals surface area contributed by atoms with Crippen molar-refractivity contribution in [3.05, 3.63) is 94.0 Å². The zero-order chi connectivity index (χ0) is 26.5. The van der Waals surface area contributed by atoms with E-state index in [1.54, 1.807) is 60.7 Å². The molecule has 9 nitrogen and oxygen atoms in total. The van der Waals surface area contributed by atoms with Gasteiger partial charge in [-0.2, -0.15) is 0 Å². The number of aromatic nitrogens is 1. The van der Waals surface area contributed by atoms with Crippen LogP contribution in [0.1, 0.15) is 15.9 Å². The first-order chi connectivity index (χ1) is 17.8. The molecule has 0 aliphatic rings. The zero-order valence-corrected chi connectivity index (χ0v) is 21.8. The molecule has 0 aliphatic heterocycles. The van der Waals surface area contributed by atoms with Crippen LogP contribution >= 0.6 is 0 Å². The number of carbonyl (C=O) groups excluding carboxylic acids is 1. The molecule has 0 amide bonds. The number of carboxylic acids is 1. The number of nitro benzene ring substituents is 1. The predicted molar refractivity (Wildman–Crippen MR) is 139 cm³/mol. The molecule has 187 valence electrons. The average molecular weight is 561 g/mol. The summed E-state index contributed by atoms with van der Waals surface area (Å²) in [6.45, 7) is 0. The van der Waals surface area contributed by atoms with Gasteiger partial charge in [0, 0.05) is 0 Å². The number of ether oxygens (including phenoxy) is 2. The Hall–Kier alpha value is -4.23. The van der Waals surface area contributed by atoms with Crippen molar-refractivity contribution in [1.82, 2.24) is 4.98 Å². The number of nitrogens with zero attached hydrogens (tertiary/aromatic N) is 2. The van der Waals surface area contributed by atoms with Gasteiger partial charge in [-0.05, 0) is 0 Å². The van der Waals surface area contributed by atoms with Gasteiger partial charge in [0.05, 0.1) is 0 Å². The van der Waals surface area contributed by atoms with Crippen LogP contribution in [0.4, 0.5) is 5.69 Å². The summed E-state index contributed by atoms with van der Waals surface area (Å²) in [7, 11) is 2.89. The third-order valence-corrected chi connectivity index (χ3v) is 8.22. The van der Waals surface area contributed by atoms with Crippen LogP contribution in [0.15, 0.2) is 72.8 Å². The van der Waals surface area contributed by atoms with Crippen molar-refractivity contribution in [3.63, 3.8) is 0 Å². The number of carbonyl (C=O) groups is 2. The van der Waals surface area contributed by atoms with E-state index >= 15 is 0 Å². The van der Waals surface area contributed by atoms with Crippen molar-refractivity contribution in [2.45, 2.75) is 11.1 Å². The second-order valence-electron chi connectivity index (χ2n) is 8.03. The second-order valence-corrected chi connectivity index (χ2v) is 10.7. The quantitative estimate of drug-likeness (QED) is 0.166. The van der Waals surface area contributed by atoms with E-state index in [2.05, 4.69) is 4.98 Å². The van der Waals surface area contributed by atoms with Crippen molar-refractivity contribution >= 4 is 42.9 Å². The SMILES string of the molecule is COc1cccc(OC)c1C(=O)[As]C(Cc1ccc2nc(-c3ccccc3[N+](=O)[O-])ccc2c1)C(=O)O. The Bertz CT molecular complexity index is 1480. The maximum absolute atomic E-state index is 13.1. The Morgan fingerprint density at radius 3 is 2.35 bits per heavy atom. The van der Waals surface area contributed by atoms with Crippen molar-refractivity contribution in [2.75, 3.05) is 14.2 Å². The molecule has 4 rings (SSSR count). The van der Waals surface area contributed by atoms with Crippen LogP contribution in [0.5, 0.6) is 11.5 Å². The van der Waals surface area contributed by atoms with Gasteiger partial charge in [0.2, 0.25) is 0 Å². The van der Waals surface area contributed by atoms with Crippen LogP contribution < -0.4 is 9.47 Å². The molecule has 1 aromatic heterocycles. The average Bonchev–Trinajstić information content (AvgIpc) is 2.91. The van der Waals surface area contributed by atoms with E-state index in [-0.39, 0.29) is 22.2 Å². The summed E-state index contributed by atoms with van der Waals surface area (Å²) < 4.78 is 9.43. The van der Waals surface area contributed by atoms with Crippen LogP contribution in [-0.4, -0.2) is 55.5 Å². The van der Waals surface area contributed by atoms with Gasteiger partial charge in [-0.3, -0.25) is 0 Å². The maximum atomic E-state index is 13.1. The van der Waals surface area contributed by atoms with Crippen molar-refractivity contribution in [1.29, 1.82) is 0 Å². The molecule has 4 aromatic rings. The van der Waals surface area contributed by atoms with Crippen LogP contribution in [0.25, 0.3) is 22.2 Å². The minimum atomic E-state index is -1.28. The van der Waals surface area contributed by atoms with E-state index in [4.69, 9.17) is 9.47 Å². The Morgan fingerprint density at radius 1 is 1.00 bits per heavy atom. The van der Waals surface area contributed by atoms with Crippen LogP contribution in [0.3, 0.4) is 0 Å². The van der Waals surface area contributed by atoms with Gasteiger partial charge in [0.1, 0.15) is 0 Å². The molecule has 3 aromatic carbocycles. The minimum absolute atomic E-state index is 0.0324. The molecule has 1 atom stereocenters. The number of nitro groups is 1. The molecule has 1 radical (unpaired) electrons. The summed E-state index contributed by atoms with van der Waals surface area (Å²) in [5.74, 6) is -0.364. The molecule has 0 aliphatic carbocycles. The van der Waals surface area contributed by atoms with Crippen molar-refractivity contribution < 1.29 is 29.1 Å². The standard InChI is InChI=1S/C27H22AsN2O7/c1-36-23-8-5-9-24(37-2)25(23)26(31)28-19(27(32)33)15-16-10-12-20-17(14-16)11-13-21(29-20)18-6-3-4-7-22(18)30(34)35/h3-14,19H,15H2,1-2H3,(H,32,33). The van der Waals surface area contributed by atoms with Gasteiger partial charge in [-0.1, -0.05) is 0 Å². The molecular weight excluding hydrogens is 539 g/mol. The first kappa shape index (κ1) is 25.8. The Morgan fingerprint density at radius 2 is 1.70 bits per heavy atom. The number of hydrogen-bond donors (Lipinski definition) is 1. The fourth-order valence-electron chi connectivity index (χ4n) is 3.98. The molecular formula is C27H22AsN2O7. The topological polar surface area (TPSA) is 129 Å². The van der Waals surface area contributed by atoms with Crippen LogP contribution in [0, 0.1) is 10.1 Å². The molecule has 37 heavy (non-hydrogen) atoms. The normalized spacial score (nSPS) is 11.9. The summed E-state index contributed by atoms with van der Waals surface area (Å²) >= 11 is -1.28. The Balaban J connectivity index is 1.59. The van der Waals surface area contributed by atoms with Gasteiger partial charge < -0.3 is 0 Å². The molecule has 1 unspecified atom stereocenters. The Kier molecular flexibility index (Phi) is 7.84. The van der Waals surface area contributed by atoms with E-state index < -0.39 is 31.4 Å². The molecule has 10 heteroatoms. The Labute approximate surface area is 218 Å². The molecule has 1 N–H and O–H groups in total. The number of methoxy groups -OCH3 is 2. The molecule has 0 fully saturated rings. The number of pyridine rings is 1. The molecule has 1 heterocycles. The molecule has 0 spiro atoms. The zero-order valence-electron chi connectivity index (χ0n) is 20.0. The van der Waals surface area contributed by atoms with Gasteiger partial charge in [0.15, 0.2) is 0 Å². The van der Waals surface area contributed by atoms with E-state index in [1.165, 1.54) is 20.3 Å². The van der Waals surface area contributed by atoms with Crippen molar-refractivity contribution in [2.24, 2.45) is 0 Å². The first-order valence-corrected chi connectivity index (χ1v) is 13.2. The number of fused-ring (bicyclic) bond motifs is 1. The summed E-state index contributed by atoms with van der Waals surface area (Å²) in [5, 5.41) is 22.0. The van der Waals surface area contributed by atoms with Crippen molar-refractivity contribution in [3.8, 4) is 22.8 Å². The predicted octanol–water partition coefficient (Wildman–Crippen LogP) is 4.79. The summed E-state index contributed by atoms with van der Waals surface area (Å²) in [6, 6.07) is 20.2. The number of rotatable bonds is 10. The van der Waals surface area contributed by atoms with Crippen LogP contribution in [0.2, 0.25) is 4.71 Å². The number of para-hydroxylation sites is 1. The first-order valence-electron chi connectivity index (χ1n) is 11.1. The van der Waals surface area contributed by atoms with Gasteiger partial charge in [-0.25, -0.2) is 0 Å². The second kappa shape index (κ2) is 11.2. The summed E-state index contributed by atoms with van der Waals surface area (Å²) in [5.41, 5.74) is 2.47. The third kappa shape index (κ3) is 5.62. The molecule has 0 saturated heterocycles. The van der Waals surface area contributed by atoms with E-state index in [0.717, 1.165) is 10.9 Å². The summed E-state index contributed by atoms with van der Waals surface area (Å²) in [6.07, 6.45) is 0.167. The fraction of sp³-hybridized carbons (Fsp3) is 0.148. The number of aliphatic carboxylic acids is 1. The summed E-state index contributed by atoms with van der Waals surface area (Å²) in [4.78, 5) is 40.7. The van der Waals surface area contributed by atoms with E-state index in [0.29, 0.717) is 28.3 Å². The molecule has 0 bridgehead atoms. The third-order valence-electron chi connectivity index (χ3n) is 5.76. The van der Waals surface area contributed by atoms with Gasteiger partial charge >= 0.3 is 219 Å². The van der Waals surface area contributed by atoms with E-state index in [1.807, 2.05) is 6.07 Å². The van der Waals surface area contributed by atoms with E-state index in [9.17, 15) is 24.8 Å². The van der Waals surface area contributed by atoms with Gasteiger partial charge in [-0.15, -0.1) is 0 Å². The fourth-order valence-corrected chi connectivity index (χ4v) is 6.17.